The van der Waals surface area contributed by atoms with Crippen LogP contribution in [0.2, 0.25) is 0 Å². The van der Waals surface area contributed by atoms with Crippen LogP contribution in [-0.4, -0.2) is 30.8 Å². The highest BCUT2D eigenvalue weighted by Gasteiger charge is 2.30. The summed E-state index contributed by atoms with van der Waals surface area (Å²) in [6, 6.07) is 6.08. The van der Waals surface area contributed by atoms with Crippen molar-refractivity contribution in [2.24, 2.45) is 7.05 Å². The molecule has 126 valence electrons. The third-order valence-electron chi connectivity index (χ3n) is 3.82. The molecule has 1 saturated carbocycles. The molecular weight excluding hydrogens is 330 g/mol. The van der Waals surface area contributed by atoms with Gasteiger partial charge in [-0.3, -0.25) is 14.9 Å². The molecule has 24 heavy (non-hydrogen) atoms. The topological polar surface area (TPSA) is 103 Å². The summed E-state index contributed by atoms with van der Waals surface area (Å²) < 4.78 is 1.91. The van der Waals surface area contributed by atoms with Crippen LogP contribution in [0.1, 0.15) is 31.5 Å². The van der Waals surface area contributed by atoms with Crippen LogP contribution in [0, 0.1) is 10.1 Å². The van der Waals surface area contributed by atoms with Crippen LogP contribution in [0.5, 0.6) is 0 Å². The molecule has 3 rings (SSSR count). The van der Waals surface area contributed by atoms with Gasteiger partial charge >= 0.3 is 0 Å². The number of benzene rings is 1. The lowest BCUT2D eigenvalue weighted by atomic mass is 10.2. The van der Waals surface area contributed by atoms with E-state index in [2.05, 4.69) is 15.5 Å². The Morgan fingerprint density at radius 3 is 2.79 bits per heavy atom. The summed E-state index contributed by atoms with van der Waals surface area (Å²) in [5, 5.41) is 22.2. The van der Waals surface area contributed by atoms with Crippen molar-refractivity contribution >= 4 is 29.0 Å². The summed E-state index contributed by atoms with van der Waals surface area (Å²) in [4.78, 5) is 22.8. The Kier molecular flexibility index (Phi) is 4.52. The van der Waals surface area contributed by atoms with E-state index in [9.17, 15) is 14.9 Å². The lowest BCUT2D eigenvalue weighted by molar-refractivity contribution is -0.383. The lowest BCUT2D eigenvalue weighted by Crippen LogP contribution is -2.23. The molecule has 9 heteroatoms. The number of amides is 1. The van der Waals surface area contributed by atoms with E-state index < -0.39 is 10.2 Å². The standard InChI is InChI=1S/C15H17N5O3S/c1-9(24-15-18-17-13(19(15)2)10-7-8-10)14(21)16-11-5-3-4-6-12(11)20(22)23/h3-6,9-10H,7-8H2,1-2H3,(H,16,21)/t9-/m1/s1. The number of anilines is 1. The highest BCUT2D eigenvalue weighted by Crippen LogP contribution is 2.39. The number of nitro groups is 1. The normalized spacial score (nSPS) is 15.1. The van der Waals surface area contributed by atoms with Gasteiger partial charge in [0.05, 0.1) is 10.2 Å². The Morgan fingerprint density at radius 2 is 2.12 bits per heavy atom. The summed E-state index contributed by atoms with van der Waals surface area (Å²) in [5.74, 6) is 1.11. The first-order valence-corrected chi connectivity index (χ1v) is 8.45. The summed E-state index contributed by atoms with van der Waals surface area (Å²) in [7, 11) is 1.89. The van der Waals surface area contributed by atoms with Gasteiger partial charge in [0.1, 0.15) is 11.5 Å². The van der Waals surface area contributed by atoms with Gasteiger partial charge in [0.2, 0.25) is 5.91 Å². The molecule has 2 aromatic rings. The fraction of sp³-hybridized carbons (Fsp3) is 0.400. The van der Waals surface area contributed by atoms with Crippen molar-refractivity contribution in [2.45, 2.75) is 36.1 Å². The minimum absolute atomic E-state index is 0.127. The molecule has 0 bridgehead atoms. The molecule has 0 aliphatic heterocycles. The maximum absolute atomic E-state index is 12.3. The second-order valence-corrected chi connectivity index (χ2v) is 7.01. The number of nitrogens with one attached hydrogen (secondary N) is 1. The van der Waals surface area contributed by atoms with Crippen molar-refractivity contribution in [3.8, 4) is 0 Å². The van der Waals surface area contributed by atoms with E-state index in [0.717, 1.165) is 18.7 Å². The zero-order valence-corrected chi connectivity index (χ0v) is 14.1. The molecule has 0 saturated heterocycles. The number of para-hydroxylation sites is 2. The van der Waals surface area contributed by atoms with Gasteiger partial charge in [-0.2, -0.15) is 0 Å². The van der Waals surface area contributed by atoms with E-state index in [1.54, 1.807) is 19.1 Å². The van der Waals surface area contributed by atoms with Gasteiger partial charge in [0.15, 0.2) is 5.16 Å². The summed E-state index contributed by atoms with van der Waals surface area (Å²) in [5.41, 5.74) is 0.0642. The molecule has 1 N–H and O–H groups in total. The molecule has 1 aliphatic carbocycles. The molecule has 1 aromatic carbocycles. The van der Waals surface area contributed by atoms with E-state index in [-0.39, 0.29) is 17.3 Å². The third kappa shape index (κ3) is 3.40. The average Bonchev–Trinajstić information content (AvgIpc) is 3.33. The summed E-state index contributed by atoms with van der Waals surface area (Å²) >= 11 is 1.29. The third-order valence-corrected chi connectivity index (χ3v) is 4.96. The van der Waals surface area contributed by atoms with Gasteiger partial charge in [0.25, 0.3) is 5.69 Å². The van der Waals surface area contributed by atoms with Gasteiger partial charge in [-0.05, 0) is 25.8 Å². The lowest BCUT2D eigenvalue weighted by Gasteiger charge is -2.11. The first-order valence-electron chi connectivity index (χ1n) is 7.57. The molecule has 1 aliphatic rings. The molecule has 1 aromatic heterocycles. The van der Waals surface area contributed by atoms with Crippen LogP contribution >= 0.6 is 11.8 Å². The number of aromatic nitrogens is 3. The molecule has 0 spiro atoms. The number of hydrogen-bond acceptors (Lipinski definition) is 6. The van der Waals surface area contributed by atoms with E-state index in [1.165, 1.54) is 23.9 Å². The highest BCUT2D eigenvalue weighted by molar-refractivity contribution is 8.00. The van der Waals surface area contributed by atoms with Crippen LogP contribution in [0.3, 0.4) is 0 Å². The maximum atomic E-state index is 12.3. The first-order chi connectivity index (χ1) is 11.5. The van der Waals surface area contributed by atoms with E-state index in [0.29, 0.717) is 11.1 Å². The van der Waals surface area contributed by atoms with Gasteiger partial charge in [-0.15, -0.1) is 10.2 Å². The average molecular weight is 347 g/mol. The van der Waals surface area contributed by atoms with Crippen LogP contribution < -0.4 is 5.32 Å². The van der Waals surface area contributed by atoms with E-state index in [1.807, 2.05) is 11.6 Å². The molecular formula is C15H17N5O3S. The van der Waals surface area contributed by atoms with Crippen molar-refractivity contribution < 1.29 is 9.72 Å². The number of rotatable bonds is 6. The van der Waals surface area contributed by atoms with Gasteiger partial charge < -0.3 is 9.88 Å². The molecule has 8 nitrogen and oxygen atoms in total. The van der Waals surface area contributed by atoms with Gasteiger partial charge in [-0.1, -0.05) is 23.9 Å². The number of carbonyl (C=O) groups is 1. The van der Waals surface area contributed by atoms with Crippen molar-refractivity contribution in [1.29, 1.82) is 0 Å². The predicted octanol–water partition coefficient (Wildman–Crippen LogP) is 2.72. The van der Waals surface area contributed by atoms with Crippen LogP contribution in [-0.2, 0) is 11.8 Å². The Morgan fingerprint density at radius 1 is 1.42 bits per heavy atom. The molecule has 0 radical (unpaired) electrons. The molecule has 1 atom stereocenters. The molecule has 1 heterocycles. The van der Waals surface area contributed by atoms with Gasteiger partial charge in [0, 0.05) is 19.0 Å². The fourth-order valence-corrected chi connectivity index (χ4v) is 3.13. The van der Waals surface area contributed by atoms with Crippen LogP contribution in [0.25, 0.3) is 0 Å². The van der Waals surface area contributed by atoms with Crippen molar-refractivity contribution in [1.82, 2.24) is 14.8 Å². The fourth-order valence-electron chi connectivity index (χ4n) is 2.31. The largest absolute Gasteiger partial charge is 0.319 e. The highest BCUT2D eigenvalue weighted by atomic mass is 32.2. The van der Waals surface area contributed by atoms with Gasteiger partial charge in [-0.25, -0.2) is 0 Å². The predicted molar refractivity (Wildman–Crippen MR) is 90.0 cm³/mol. The Labute approximate surface area is 142 Å². The number of thioether (sulfide) groups is 1. The summed E-state index contributed by atoms with van der Waals surface area (Å²) in [6.07, 6.45) is 2.26. The smallest absolute Gasteiger partial charge is 0.292 e. The number of nitro benzene ring substituents is 1. The SMILES string of the molecule is C[C@@H](Sc1nnc(C2CC2)n1C)C(=O)Nc1ccccc1[N+](=O)[O-]. The van der Waals surface area contributed by atoms with E-state index in [4.69, 9.17) is 0 Å². The van der Waals surface area contributed by atoms with E-state index >= 15 is 0 Å². The zero-order chi connectivity index (χ0) is 17.3. The number of nitrogens with zero attached hydrogens (tertiary/aromatic N) is 4. The second kappa shape index (κ2) is 6.60. The molecule has 1 fully saturated rings. The first kappa shape index (κ1) is 16.4. The van der Waals surface area contributed by atoms with Crippen LogP contribution in [0.15, 0.2) is 29.4 Å². The Hall–Kier alpha value is -2.42. The van der Waals surface area contributed by atoms with Crippen molar-refractivity contribution in [3.63, 3.8) is 0 Å². The number of hydrogen-bond donors (Lipinski definition) is 1. The zero-order valence-electron chi connectivity index (χ0n) is 13.3. The summed E-state index contributed by atoms with van der Waals surface area (Å²) in [6.45, 7) is 1.74. The molecule has 0 unspecified atom stereocenters. The minimum atomic E-state index is -0.516. The number of carbonyl (C=O) groups excluding carboxylic acids is 1. The van der Waals surface area contributed by atoms with Crippen LogP contribution in [0.4, 0.5) is 11.4 Å². The van der Waals surface area contributed by atoms with Crippen molar-refractivity contribution in [2.75, 3.05) is 5.32 Å². The maximum Gasteiger partial charge on any atom is 0.292 e. The van der Waals surface area contributed by atoms with Crippen molar-refractivity contribution in [3.05, 3.63) is 40.2 Å². The monoisotopic (exact) mass is 347 g/mol. The molecule has 1 amide bonds. The minimum Gasteiger partial charge on any atom is -0.319 e. The Bertz CT molecular complexity index is 787. The quantitative estimate of drug-likeness (QED) is 0.489. The second-order valence-electron chi connectivity index (χ2n) is 5.70. The Balaban J connectivity index is 1.68.